The summed E-state index contributed by atoms with van der Waals surface area (Å²) in [7, 11) is 1.27. The molecule has 0 aliphatic heterocycles. The van der Waals surface area contributed by atoms with E-state index in [1.807, 2.05) is 0 Å². The second-order valence-electron chi connectivity index (χ2n) is 7.53. The highest BCUT2D eigenvalue weighted by molar-refractivity contribution is 6.35. The number of amides is 2. The number of esters is 2. The van der Waals surface area contributed by atoms with Gasteiger partial charge in [0.1, 0.15) is 11.5 Å². The third-order valence-corrected chi connectivity index (χ3v) is 5.30. The minimum atomic E-state index is -0.699. The number of methoxy groups -OCH3 is 1. The Morgan fingerprint density at radius 2 is 1.41 bits per heavy atom. The number of hydrogen-bond donors (Lipinski definition) is 2. The Bertz CT molecular complexity index is 1280. The molecule has 3 aromatic rings. The quantitative estimate of drug-likeness (QED) is 0.324. The van der Waals surface area contributed by atoms with Crippen molar-refractivity contribution >= 4 is 58.3 Å². The van der Waals surface area contributed by atoms with Gasteiger partial charge in [-0.1, -0.05) is 23.2 Å². The average Bonchev–Trinajstić information content (AvgIpc) is 2.89. The third-order valence-electron chi connectivity index (χ3n) is 4.77. The number of carbonyl (C=O) groups is 4. The van der Waals surface area contributed by atoms with Gasteiger partial charge in [0, 0.05) is 22.8 Å². The highest BCUT2D eigenvalue weighted by atomic mass is 35.5. The zero-order valence-electron chi connectivity index (χ0n) is 19.6. The molecular weight excluding hydrogens is 523 g/mol. The largest absolute Gasteiger partial charge is 0.465 e. The lowest BCUT2D eigenvalue weighted by atomic mass is 10.2. The van der Waals surface area contributed by atoms with Crippen molar-refractivity contribution in [2.45, 2.75) is 12.8 Å². The molecule has 0 atom stereocenters. The van der Waals surface area contributed by atoms with Crippen molar-refractivity contribution in [2.24, 2.45) is 0 Å². The molecule has 0 bridgehead atoms. The van der Waals surface area contributed by atoms with Crippen molar-refractivity contribution in [3.63, 3.8) is 0 Å². The fraction of sp³-hybridized carbons (Fsp3) is 0.154. The lowest BCUT2D eigenvalue weighted by Gasteiger charge is -2.10. The van der Waals surface area contributed by atoms with E-state index in [2.05, 4.69) is 15.4 Å². The van der Waals surface area contributed by atoms with E-state index < -0.39 is 30.4 Å². The Morgan fingerprint density at radius 1 is 0.784 bits per heavy atom. The van der Waals surface area contributed by atoms with Gasteiger partial charge in [-0.25, -0.2) is 4.79 Å². The van der Waals surface area contributed by atoms with E-state index in [0.717, 1.165) is 0 Å². The molecule has 0 fully saturated rings. The molecule has 0 saturated carbocycles. The highest BCUT2D eigenvalue weighted by Crippen LogP contribution is 2.32. The van der Waals surface area contributed by atoms with Crippen molar-refractivity contribution in [1.82, 2.24) is 0 Å². The van der Waals surface area contributed by atoms with Gasteiger partial charge in [0.15, 0.2) is 6.61 Å². The molecule has 0 heterocycles. The van der Waals surface area contributed by atoms with Crippen LogP contribution in [0.15, 0.2) is 66.7 Å². The molecular formula is C26H22Cl2N2O7. The van der Waals surface area contributed by atoms with Crippen LogP contribution in [-0.2, 0) is 23.9 Å². The van der Waals surface area contributed by atoms with Gasteiger partial charge in [-0.2, -0.15) is 0 Å². The highest BCUT2D eigenvalue weighted by Gasteiger charge is 2.12. The van der Waals surface area contributed by atoms with Crippen molar-refractivity contribution in [1.29, 1.82) is 0 Å². The maximum atomic E-state index is 12.2. The van der Waals surface area contributed by atoms with E-state index in [9.17, 15) is 19.2 Å². The molecule has 3 rings (SSSR count). The maximum Gasteiger partial charge on any atom is 0.337 e. The number of ether oxygens (including phenoxy) is 3. The normalized spacial score (nSPS) is 10.2. The number of anilines is 2. The van der Waals surface area contributed by atoms with Gasteiger partial charge in [-0.15, -0.1) is 0 Å². The molecule has 0 unspecified atom stereocenters. The van der Waals surface area contributed by atoms with E-state index in [1.165, 1.54) is 31.4 Å². The Balaban J connectivity index is 1.37. The van der Waals surface area contributed by atoms with Crippen LogP contribution in [0.25, 0.3) is 0 Å². The summed E-state index contributed by atoms with van der Waals surface area (Å²) in [4.78, 5) is 47.4. The van der Waals surface area contributed by atoms with Gasteiger partial charge in [0.2, 0.25) is 5.91 Å². The Morgan fingerprint density at radius 3 is 2.03 bits per heavy atom. The molecule has 2 N–H and O–H groups in total. The topological polar surface area (TPSA) is 120 Å². The molecule has 11 heteroatoms. The zero-order chi connectivity index (χ0) is 26.8. The Hall–Kier alpha value is -4.08. The van der Waals surface area contributed by atoms with E-state index in [1.54, 1.807) is 42.5 Å². The number of nitrogens with one attached hydrogen (secondary N) is 2. The second kappa shape index (κ2) is 13.3. The monoisotopic (exact) mass is 544 g/mol. The predicted molar refractivity (Wildman–Crippen MR) is 138 cm³/mol. The molecule has 0 saturated heterocycles. The van der Waals surface area contributed by atoms with Gasteiger partial charge < -0.3 is 24.8 Å². The van der Waals surface area contributed by atoms with Crippen LogP contribution in [0.3, 0.4) is 0 Å². The molecule has 0 spiro atoms. The maximum absolute atomic E-state index is 12.2. The number of hydrogen-bond acceptors (Lipinski definition) is 7. The summed E-state index contributed by atoms with van der Waals surface area (Å²) in [5.74, 6) is -1.22. The first-order valence-electron chi connectivity index (χ1n) is 10.9. The van der Waals surface area contributed by atoms with E-state index >= 15 is 0 Å². The Kier molecular flexibility index (Phi) is 9.88. The molecule has 0 aromatic heterocycles. The van der Waals surface area contributed by atoms with Crippen LogP contribution in [-0.4, -0.2) is 37.5 Å². The average molecular weight is 545 g/mol. The SMILES string of the molecule is COC(=O)c1ccc(NC(=O)COC(=O)CCC(=O)Nc2ccc(Oc3ccc(Cl)cc3Cl)cc2)cc1. The molecule has 0 radical (unpaired) electrons. The second-order valence-corrected chi connectivity index (χ2v) is 8.37. The van der Waals surface area contributed by atoms with E-state index in [-0.39, 0.29) is 12.8 Å². The third kappa shape index (κ3) is 8.82. The predicted octanol–water partition coefficient (Wildman–Crippen LogP) is 5.47. The van der Waals surface area contributed by atoms with Crippen LogP contribution in [0.1, 0.15) is 23.2 Å². The number of rotatable bonds is 10. The molecule has 3 aromatic carbocycles. The number of halogens is 2. The van der Waals surface area contributed by atoms with Gasteiger partial charge in [-0.3, -0.25) is 14.4 Å². The summed E-state index contributed by atoms with van der Waals surface area (Å²) in [6.07, 6.45) is -0.336. The smallest absolute Gasteiger partial charge is 0.337 e. The van der Waals surface area contributed by atoms with Crippen molar-refractivity contribution in [3.05, 3.63) is 82.3 Å². The van der Waals surface area contributed by atoms with Crippen LogP contribution >= 0.6 is 23.2 Å². The lowest BCUT2D eigenvalue weighted by Crippen LogP contribution is -2.21. The van der Waals surface area contributed by atoms with E-state index in [4.69, 9.17) is 32.7 Å². The van der Waals surface area contributed by atoms with Crippen LogP contribution in [0.2, 0.25) is 10.0 Å². The van der Waals surface area contributed by atoms with Crippen molar-refractivity contribution in [3.8, 4) is 11.5 Å². The summed E-state index contributed by atoms with van der Waals surface area (Å²) in [5, 5.41) is 6.05. The lowest BCUT2D eigenvalue weighted by molar-refractivity contribution is -0.147. The standard InChI is InChI=1S/C26H22Cl2N2O7/c1-35-26(34)16-2-5-18(6-3-16)30-24(32)15-36-25(33)13-12-23(31)29-19-7-9-20(10-8-19)37-22-11-4-17(27)14-21(22)28/h2-11,14H,12-13,15H2,1H3,(H,29,31)(H,30,32). The molecule has 2 amide bonds. The molecule has 9 nitrogen and oxygen atoms in total. The van der Waals surface area contributed by atoms with Crippen LogP contribution < -0.4 is 15.4 Å². The molecule has 37 heavy (non-hydrogen) atoms. The fourth-order valence-corrected chi connectivity index (χ4v) is 3.40. The first-order valence-corrected chi connectivity index (χ1v) is 11.7. The van der Waals surface area contributed by atoms with Crippen LogP contribution in [0.4, 0.5) is 11.4 Å². The minimum absolute atomic E-state index is 0.131. The van der Waals surface area contributed by atoms with Crippen molar-refractivity contribution in [2.75, 3.05) is 24.4 Å². The summed E-state index contributed by atoms with van der Waals surface area (Å²) in [5.41, 5.74) is 1.25. The molecule has 192 valence electrons. The van der Waals surface area contributed by atoms with Crippen LogP contribution in [0, 0.1) is 0 Å². The summed E-state index contributed by atoms with van der Waals surface area (Å²) in [6, 6.07) is 17.4. The van der Waals surface area contributed by atoms with Gasteiger partial charge in [0.25, 0.3) is 5.91 Å². The fourth-order valence-electron chi connectivity index (χ4n) is 2.95. The number of carbonyl (C=O) groups excluding carboxylic acids is 4. The van der Waals surface area contributed by atoms with Gasteiger partial charge in [0.05, 0.1) is 24.1 Å². The summed E-state index contributed by atoms with van der Waals surface area (Å²) < 4.78 is 15.2. The van der Waals surface area contributed by atoms with E-state index in [0.29, 0.717) is 38.5 Å². The van der Waals surface area contributed by atoms with Gasteiger partial charge in [-0.05, 0) is 66.7 Å². The van der Waals surface area contributed by atoms with Gasteiger partial charge >= 0.3 is 11.9 Å². The minimum Gasteiger partial charge on any atom is -0.465 e. The summed E-state index contributed by atoms with van der Waals surface area (Å²) >= 11 is 12.0. The van der Waals surface area contributed by atoms with Crippen LogP contribution in [0.5, 0.6) is 11.5 Å². The number of benzene rings is 3. The van der Waals surface area contributed by atoms with Crippen molar-refractivity contribution < 1.29 is 33.4 Å². The first-order chi connectivity index (χ1) is 17.7. The first kappa shape index (κ1) is 27.5. The molecule has 0 aliphatic carbocycles. The Labute approximate surface area is 222 Å². The molecule has 0 aliphatic rings. The summed E-state index contributed by atoms with van der Waals surface area (Å²) in [6.45, 7) is -0.516. The zero-order valence-corrected chi connectivity index (χ0v) is 21.1.